The van der Waals surface area contributed by atoms with E-state index in [4.69, 9.17) is 9.47 Å². The van der Waals surface area contributed by atoms with Gasteiger partial charge in [0.2, 0.25) is 11.4 Å². The smallest absolute Gasteiger partial charge is 0.192 e. The summed E-state index contributed by atoms with van der Waals surface area (Å²) in [6.45, 7) is 30.3. The van der Waals surface area contributed by atoms with E-state index in [1.54, 1.807) is 0 Å². The molecular formula is C76H72N2O2S2+2. The molecule has 2 spiro atoms. The van der Waals surface area contributed by atoms with Crippen LogP contribution in [0.2, 0.25) is 0 Å². The first-order valence-corrected chi connectivity index (χ1v) is 31.0. The number of hydrogen-bond donors (Lipinski definition) is 0. The lowest BCUT2D eigenvalue weighted by Gasteiger charge is -2.43. The van der Waals surface area contributed by atoms with E-state index in [-0.39, 0.29) is 59.2 Å². The van der Waals surface area contributed by atoms with E-state index < -0.39 is 33.5 Å². The van der Waals surface area contributed by atoms with Crippen LogP contribution in [0.5, 0.6) is 0 Å². The summed E-state index contributed by atoms with van der Waals surface area (Å²) in [5.74, 6) is -3.73. The minimum absolute atomic E-state index is 0.0839. The fourth-order valence-corrected chi connectivity index (χ4v) is 17.4. The Bertz CT molecular complexity index is 5240. The second-order valence-corrected chi connectivity index (χ2v) is 31.3. The molecule has 0 radical (unpaired) electrons. The third kappa shape index (κ3) is 6.30. The van der Waals surface area contributed by atoms with Gasteiger partial charge >= 0.3 is 11.8 Å². The molecule has 7 heterocycles. The molecule has 3 aliphatic heterocycles. The lowest BCUT2D eigenvalue weighted by atomic mass is 9.63. The summed E-state index contributed by atoms with van der Waals surface area (Å²) in [4.78, 5) is 0. The summed E-state index contributed by atoms with van der Waals surface area (Å²) in [6, 6.07) is 21.8. The molecule has 4 nitrogen and oxygen atoms in total. The predicted octanol–water partition coefficient (Wildman–Crippen LogP) is 19.9. The summed E-state index contributed by atoms with van der Waals surface area (Å²) in [5, 5.41) is 6.95. The summed E-state index contributed by atoms with van der Waals surface area (Å²) >= 11 is 2.69. The molecule has 5 aliphatic rings. The van der Waals surface area contributed by atoms with Crippen LogP contribution in [-0.4, -0.2) is 0 Å². The number of hydrogen-bond acceptors (Lipinski definition) is 4. The van der Waals surface area contributed by atoms with Gasteiger partial charge in [-0.25, -0.2) is 0 Å². The first kappa shape index (κ1) is 40.6. The van der Waals surface area contributed by atoms with E-state index in [9.17, 15) is 13.7 Å². The number of fused-ring (bicyclic) bond motifs is 26. The Morgan fingerprint density at radius 3 is 1.15 bits per heavy atom. The van der Waals surface area contributed by atoms with Gasteiger partial charge in [0.15, 0.2) is 12.4 Å². The lowest BCUT2D eigenvalue weighted by Crippen LogP contribution is -2.79. The van der Waals surface area contributed by atoms with Crippen molar-refractivity contribution >= 4 is 106 Å². The van der Waals surface area contributed by atoms with E-state index >= 15 is 0 Å². The maximum atomic E-state index is 10.8. The first-order valence-electron chi connectivity index (χ1n) is 34.3. The van der Waals surface area contributed by atoms with Crippen LogP contribution in [0.3, 0.4) is 0 Å². The molecule has 0 saturated carbocycles. The zero-order valence-corrected chi connectivity index (χ0v) is 50.9. The molecule has 1 saturated heterocycles. The van der Waals surface area contributed by atoms with Gasteiger partial charge in [-0.05, 0) is 161 Å². The molecule has 0 N–H and O–H groups in total. The van der Waals surface area contributed by atoms with Gasteiger partial charge in [-0.2, -0.15) is 9.47 Å². The molecule has 12 aromatic rings. The molecule has 0 unspecified atom stereocenters. The van der Waals surface area contributed by atoms with Crippen LogP contribution in [0.1, 0.15) is 181 Å². The largest absolute Gasteiger partial charge is 0.436 e. The predicted molar refractivity (Wildman–Crippen MR) is 344 cm³/mol. The Hall–Kier alpha value is -6.54. The van der Waals surface area contributed by atoms with Crippen LogP contribution in [0.4, 0.5) is 0 Å². The van der Waals surface area contributed by atoms with Gasteiger partial charge in [-0.3, -0.25) is 0 Å². The van der Waals surface area contributed by atoms with Gasteiger partial charge in [0.1, 0.15) is 11.1 Å². The second-order valence-electron chi connectivity index (χ2n) is 29.2. The molecule has 1 fully saturated rings. The van der Waals surface area contributed by atoms with Crippen LogP contribution in [0, 0.1) is 0 Å². The highest BCUT2D eigenvalue weighted by molar-refractivity contribution is 7.27. The van der Waals surface area contributed by atoms with E-state index in [0.717, 1.165) is 80.6 Å². The molecule has 0 amide bonds. The molecule has 0 atom stereocenters. The highest BCUT2D eigenvalue weighted by Gasteiger charge is 2.80. The van der Waals surface area contributed by atoms with Crippen molar-refractivity contribution in [1.29, 1.82) is 0 Å². The topological polar surface area (TPSA) is 26.2 Å². The number of benzene rings is 8. The molecule has 2 aliphatic carbocycles. The first-order chi connectivity index (χ1) is 43.0. The van der Waals surface area contributed by atoms with Gasteiger partial charge in [0, 0.05) is 74.0 Å². The number of aromatic nitrogens is 2. The highest BCUT2D eigenvalue weighted by Crippen LogP contribution is 2.62. The minimum Gasteiger partial charge on any atom is -0.192 e. The zero-order valence-electron chi connectivity index (χ0n) is 59.3. The summed E-state index contributed by atoms with van der Waals surface area (Å²) in [5.41, 5.74) is 6.71. The molecule has 0 bridgehead atoms. The second kappa shape index (κ2) is 15.4. The van der Waals surface area contributed by atoms with Crippen molar-refractivity contribution in [3.63, 3.8) is 0 Å². The van der Waals surface area contributed by atoms with Crippen molar-refractivity contribution < 1.29 is 32.3 Å². The highest BCUT2D eigenvalue weighted by atomic mass is 32.1. The van der Waals surface area contributed by atoms with Crippen LogP contribution in [0.15, 0.2) is 133 Å². The number of thiophene rings is 2. The monoisotopic (exact) mass is 1120 g/mol. The average molecular weight is 1120 g/mol. The van der Waals surface area contributed by atoms with E-state index in [1.807, 2.05) is 45.8 Å². The lowest BCUT2D eigenvalue weighted by molar-refractivity contribution is -0.998. The van der Waals surface area contributed by atoms with E-state index in [0.29, 0.717) is 108 Å². The van der Waals surface area contributed by atoms with Crippen LogP contribution in [0.25, 0.3) is 106 Å². The third-order valence-corrected chi connectivity index (χ3v) is 22.2. The Labute approximate surface area is 503 Å². The van der Waals surface area contributed by atoms with E-state index in [2.05, 4.69) is 133 Å². The normalized spacial score (nSPS) is 21.1. The third-order valence-electron chi connectivity index (χ3n) is 19.9. The van der Waals surface area contributed by atoms with Gasteiger partial charge in [-0.15, -0.1) is 31.8 Å². The number of ether oxygens (including phenoxy) is 2. The zero-order chi connectivity index (χ0) is 65.2. The molecule has 4 aromatic heterocycles. The van der Waals surface area contributed by atoms with Crippen molar-refractivity contribution in [2.24, 2.45) is 0 Å². The van der Waals surface area contributed by atoms with Gasteiger partial charge in [0.25, 0.3) is 0 Å². The fourth-order valence-electron chi connectivity index (χ4n) is 15.1. The Morgan fingerprint density at radius 2 is 0.780 bits per heavy atom. The molecule has 82 heavy (non-hydrogen) atoms. The van der Waals surface area contributed by atoms with Crippen molar-refractivity contribution in [2.45, 2.75) is 167 Å². The number of nitrogens with zero attached hydrogens (tertiary/aromatic N) is 2. The standard InChI is InChI=1S/C76H72N2O2S2/c1-69(2,3)55-33-53-61-35-49-41(23-25-47-51-31-57-59(37-63(51)81-67(47)49)73(11,12)29-27-71(57,7)8)39-77(61)75(65(53)45-21-17-15-19-43(45)55)79-76(80-75)66-46-22-18-16-20-44(46)56(70(4,5)6)34-54(66)62-36-50-42(40-78(62)76)24-26-48-52-32-58-60(38-64(52)82-68(48)50)74(13,14)30-28-72(58,9)10/h15-26,31-40H,27-30H2,1-14H3/q+2/i23D,24D,25D,26D,31D,32D,35D,36D,37D,38D. The van der Waals surface area contributed by atoms with Crippen molar-refractivity contribution in [3.8, 4) is 22.5 Å². The van der Waals surface area contributed by atoms with Crippen molar-refractivity contribution in [3.05, 3.63) is 178 Å². The Kier molecular flexibility index (Phi) is 7.64. The number of rotatable bonds is 0. The Balaban J connectivity index is 0.988. The molecule has 6 heteroatoms. The quantitative estimate of drug-likeness (QED) is 0.141. The number of pyridine rings is 2. The van der Waals surface area contributed by atoms with E-state index in [1.165, 1.54) is 22.7 Å². The van der Waals surface area contributed by atoms with Crippen LogP contribution in [-0.2, 0) is 53.8 Å². The molecule has 8 aromatic carbocycles. The molecular weight excluding hydrogens is 1040 g/mol. The Morgan fingerprint density at radius 1 is 0.427 bits per heavy atom. The van der Waals surface area contributed by atoms with Crippen LogP contribution >= 0.6 is 22.7 Å². The molecule has 408 valence electrons. The summed E-state index contributed by atoms with van der Waals surface area (Å²) < 4.78 is 124. The van der Waals surface area contributed by atoms with Crippen molar-refractivity contribution in [1.82, 2.24) is 0 Å². The van der Waals surface area contributed by atoms with Gasteiger partial charge in [0.05, 0.1) is 24.8 Å². The van der Waals surface area contributed by atoms with Gasteiger partial charge < -0.3 is 0 Å². The summed E-state index contributed by atoms with van der Waals surface area (Å²) in [6.07, 6.45) is 7.02. The van der Waals surface area contributed by atoms with Crippen molar-refractivity contribution in [2.75, 3.05) is 0 Å². The summed E-state index contributed by atoms with van der Waals surface area (Å²) in [7, 11) is 0. The maximum absolute atomic E-state index is 10.8. The van der Waals surface area contributed by atoms with Crippen LogP contribution < -0.4 is 9.13 Å². The van der Waals surface area contributed by atoms with Gasteiger partial charge in [-0.1, -0.05) is 158 Å². The average Bonchev–Trinajstić information content (AvgIpc) is 1.46. The maximum Gasteiger partial charge on any atom is 0.436 e. The molecule has 17 rings (SSSR count). The fraction of sp³-hybridized carbons (Fsp3) is 0.342. The SMILES string of the molecule is [2H]c1c([2H])c2c(sc3c([2H])c4c(c([2H])c32)C(C)(C)CCC4(C)C)c2c([2H])c3[n+](cc12)C1(OC2(O1)c1c(cc(C(C)(C)C)c4ccccc14)-c1c([2H])c4c(c[n+]12)c([2H])c([2H])c1c4sc2c([2H])c4c(c([2H])c21)C(C)(C)CCC4(C)C)c1c-3cc(C(C)(C)C)c2ccccc12. The minimum atomic E-state index is -1.87.